The largest absolute Gasteiger partial charge is 0.452 e. The van der Waals surface area contributed by atoms with Crippen LogP contribution in [-0.4, -0.2) is 23.9 Å². The Balaban J connectivity index is 1.68. The quantitative estimate of drug-likeness (QED) is 0.677. The smallest absolute Gasteiger partial charge is 0.314 e. The molecule has 1 aliphatic rings. The second-order valence-electron chi connectivity index (χ2n) is 7.38. The zero-order valence-electron chi connectivity index (χ0n) is 17.0. The third-order valence-corrected chi connectivity index (χ3v) is 5.10. The monoisotopic (exact) mass is 412 g/mol. The number of carbonyl (C=O) groups excluding carboxylic acids is 3. The Labute approximate surface area is 174 Å². The van der Waals surface area contributed by atoms with Gasteiger partial charge in [0.25, 0.3) is 5.91 Å². The van der Waals surface area contributed by atoms with E-state index >= 15 is 0 Å². The second-order valence-corrected chi connectivity index (χ2v) is 7.38. The lowest BCUT2D eigenvalue weighted by Crippen LogP contribution is -2.39. The van der Waals surface area contributed by atoms with Crippen LogP contribution in [0.25, 0.3) is 0 Å². The standard InChI is InChI=1S/C23H25FN2O4/c1-3-7-19(15-8-5-4-6-9-15)26-22(28)14(2)30-23(29)18-13-21(27)25-20-12-16(24)10-11-17(18)20/h4-6,8-12,14,18-19H,3,7,13H2,1-2H3,(H,25,27)(H,26,28). The van der Waals surface area contributed by atoms with Crippen LogP contribution in [0.5, 0.6) is 0 Å². The predicted molar refractivity (Wildman–Crippen MR) is 110 cm³/mol. The summed E-state index contributed by atoms with van der Waals surface area (Å²) < 4.78 is 18.8. The van der Waals surface area contributed by atoms with Crippen molar-refractivity contribution in [1.29, 1.82) is 0 Å². The van der Waals surface area contributed by atoms with Crippen molar-refractivity contribution in [3.63, 3.8) is 0 Å². The van der Waals surface area contributed by atoms with Crippen LogP contribution in [0.1, 0.15) is 56.2 Å². The Kier molecular flexibility index (Phi) is 6.82. The van der Waals surface area contributed by atoms with Crippen molar-refractivity contribution in [2.24, 2.45) is 0 Å². The number of anilines is 1. The van der Waals surface area contributed by atoms with E-state index in [1.807, 2.05) is 37.3 Å². The molecule has 0 bridgehead atoms. The first-order valence-electron chi connectivity index (χ1n) is 10.0. The maximum Gasteiger partial charge on any atom is 0.314 e. The van der Waals surface area contributed by atoms with Gasteiger partial charge >= 0.3 is 5.97 Å². The third kappa shape index (κ3) is 5.03. The highest BCUT2D eigenvalue weighted by Crippen LogP contribution is 2.33. The van der Waals surface area contributed by atoms with Gasteiger partial charge < -0.3 is 15.4 Å². The van der Waals surface area contributed by atoms with Crippen LogP contribution in [-0.2, 0) is 19.1 Å². The predicted octanol–water partition coefficient (Wildman–Crippen LogP) is 3.84. The molecule has 1 aliphatic heterocycles. The van der Waals surface area contributed by atoms with Gasteiger partial charge in [-0.25, -0.2) is 4.39 Å². The summed E-state index contributed by atoms with van der Waals surface area (Å²) in [4.78, 5) is 37.3. The molecule has 0 aromatic heterocycles. The average Bonchev–Trinajstić information content (AvgIpc) is 2.72. The summed E-state index contributed by atoms with van der Waals surface area (Å²) in [6.07, 6.45) is 0.472. The van der Waals surface area contributed by atoms with E-state index in [9.17, 15) is 18.8 Å². The molecule has 0 saturated carbocycles. The molecular weight excluding hydrogens is 387 g/mol. The molecule has 2 N–H and O–H groups in total. The van der Waals surface area contributed by atoms with Gasteiger partial charge in [-0.1, -0.05) is 49.7 Å². The fourth-order valence-electron chi connectivity index (χ4n) is 3.54. The minimum Gasteiger partial charge on any atom is -0.452 e. The maximum absolute atomic E-state index is 13.5. The highest BCUT2D eigenvalue weighted by Gasteiger charge is 2.34. The number of halogens is 1. The van der Waals surface area contributed by atoms with Gasteiger partial charge in [-0.2, -0.15) is 0 Å². The van der Waals surface area contributed by atoms with Crippen molar-refractivity contribution in [2.75, 3.05) is 5.32 Å². The zero-order valence-corrected chi connectivity index (χ0v) is 17.0. The number of hydrogen-bond donors (Lipinski definition) is 2. The number of ether oxygens (including phenoxy) is 1. The van der Waals surface area contributed by atoms with Crippen LogP contribution >= 0.6 is 0 Å². The Bertz CT molecular complexity index is 932. The fourth-order valence-corrected chi connectivity index (χ4v) is 3.54. The number of amides is 2. The van der Waals surface area contributed by atoms with E-state index in [1.54, 1.807) is 0 Å². The lowest BCUT2D eigenvalue weighted by molar-refractivity contribution is -0.157. The minimum absolute atomic E-state index is 0.117. The first-order chi connectivity index (χ1) is 14.4. The molecule has 158 valence electrons. The first kappa shape index (κ1) is 21.5. The van der Waals surface area contributed by atoms with E-state index < -0.39 is 35.6 Å². The van der Waals surface area contributed by atoms with Gasteiger partial charge in [0.05, 0.1) is 12.0 Å². The van der Waals surface area contributed by atoms with Gasteiger partial charge in [0.15, 0.2) is 6.10 Å². The molecule has 3 atom stereocenters. The van der Waals surface area contributed by atoms with Crippen LogP contribution in [0, 0.1) is 5.82 Å². The van der Waals surface area contributed by atoms with Crippen LogP contribution in [0.4, 0.5) is 10.1 Å². The molecule has 0 spiro atoms. The van der Waals surface area contributed by atoms with E-state index in [1.165, 1.54) is 19.1 Å². The van der Waals surface area contributed by atoms with E-state index in [0.29, 0.717) is 5.56 Å². The lowest BCUT2D eigenvalue weighted by atomic mass is 9.90. The molecule has 2 aromatic carbocycles. The highest BCUT2D eigenvalue weighted by molar-refractivity contribution is 6.00. The number of benzene rings is 2. The van der Waals surface area contributed by atoms with Crippen molar-refractivity contribution < 1.29 is 23.5 Å². The Morgan fingerprint density at radius 2 is 1.97 bits per heavy atom. The van der Waals surface area contributed by atoms with Crippen LogP contribution < -0.4 is 10.6 Å². The summed E-state index contributed by atoms with van der Waals surface area (Å²) in [6.45, 7) is 3.52. The Morgan fingerprint density at radius 3 is 2.67 bits per heavy atom. The van der Waals surface area contributed by atoms with E-state index in [4.69, 9.17) is 4.74 Å². The van der Waals surface area contributed by atoms with Gasteiger partial charge in [-0.15, -0.1) is 0 Å². The van der Waals surface area contributed by atoms with Gasteiger partial charge in [-0.05, 0) is 36.6 Å². The summed E-state index contributed by atoms with van der Waals surface area (Å²) in [5, 5.41) is 5.49. The van der Waals surface area contributed by atoms with Crippen LogP contribution in [0.3, 0.4) is 0 Å². The number of rotatable bonds is 7. The van der Waals surface area contributed by atoms with Crippen molar-refractivity contribution in [3.8, 4) is 0 Å². The molecule has 2 aromatic rings. The van der Waals surface area contributed by atoms with Gasteiger partial charge in [0.2, 0.25) is 5.91 Å². The summed E-state index contributed by atoms with van der Waals surface area (Å²) in [5.41, 5.74) is 1.70. The van der Waals surface area contributed by atoms with Gasteiger partial charge in [0, 0.05) is 12.1 Å². The number of nitrogens with one attached hydrogen (secondary N) is 2. The SMILES string of the molecule is CCCC(NC(=O)C(C)OC(=O)C1CC(=O)Nc2cc(F)ccc21)c1ccccc1. The van der Waals surface area contributed by atoms with E-state index in [-0.39, 0.29) is 18.2 Å². The van der Waals surface area contributed by atoms with Crippen molar-refractivity contribution >= 4 is 23.5 Å². The van der Waals surface area contributed by atoms with E-state index in [0.717, 1.165) is 24.5 Å². The van der Waals surface area contributed by atoms with Gasteiger partial charge in [-0.3, -0.25) is 14.4 Å². The minimum atomic E-state index is -1.03. The topological polar surface area (TPSA) is 84.5 Å². The molecular formula is C23H25FN2O4. The molecule has 30 heavy (non-hydrogen) atoms. The number of hydrogen-bond acceptors (Lipinski definition) is 4. The molecule has 1 heterocycles. The highest BCUT2D eigenvalue weighted by atomic mass is 19.1. The molecule has 0 aliphatic carbocycles. The molecule has 7 heteroatoms. The summed E-state index contributed by atoms with van der Waals surface area (Å²) in [7, 11) is 0. The van der Waals surface area contributed by atoms with Crippen molar-refractivity contribution in [2.45, 2.75) is 51.2 Å². The van der Waals surface area contributed by atoms with E-state index in [2.05, 4.69) is 10.6 Å². The Morgan fingerprint density at radius 1 is 1.23 bits per heavy atom. The molecule has 6 nitrogen and oxygen atoms in total. The molecule has 0 radical (unpaired) electrons. The first-order valence-corrected chi connectivity index (χ1v) is 10.0. The average molecular weight is 412 g/mol. The lowest BCUT2D eigenvalue weighted by Gasteiger charge is -2.26. The Hall–Kier alpha value is -3.22. The molecule has 3 rings (SSSR count). The molecule has 3 unspecified atom stereocenters. The van der Waals surface area contributed by atoms with Crippen molar-refractivity contribution in [3.05, 3.63) is 65.5 Å². The maximum atomic E-state index is 13.5. The van der Waals surface area contributed by atoms with Gasteiger partial charge in [0.1, 0.15) is 5.82 Å². The normalized spacial score (nSPS) is 17.3. The van der Waals surface area contributed by atoms with Crippen LogP contribution in [0.15, 0.2) is 48.5 Å². The molecule has 0 saturated heterocycles. The number of esters is 1. The third-order valence-electron chi connectivity index (χ3n) is 5.10. The summed E-state index contributed by atoms with van der Waals surface area (Å²) in [5.74, 6) is -2.90. The number of fused-ring (bicyclic) bond motifs is 1. The molecule has 0 fully saturated rings. The summed E-state index contributed by atoms with van der Waals surface area (Å²) >= 11 is 0. The fraction of sp³-hybridized carbons (Fsp3) is 0.348. The van der Waals surface area contributed by atoms with Crippen molar-refractivity contribution in [1.82, 2.24) is 5.32 Å². The summed E-state index contributed by atoms with van der Waals surface area (Å²) in [6, 6.07) is 13.2. The number of carbonyl (C=O) groups is 3. The van der Waals surface area contributed by atoms with Crippen LogP contribution in [0.2, 0.25) is 0 Å². The molecule has 2 amide bonds. The zero-order chi connectivity index (χ0) is 21.7. The second kappa shape index (κ2) is 9.52.